The van der Waals surface area contributed by atoms with Crippen LogP contribution in [0.2, 0.25) is 15.1 Å². The number of ketones is 1. The lowest BCUT2D eigenvalue weighted by atomic mass is 9.95. The van der Waals surface area contributed by atoms with E-state index in [1.54, 1.807) is 42.5 Å². The topological polar surface area (TPSA) is 70.1 Å². The van der Waals surface area contributed by atoms with Crippen molar-refractivity contribution in [1.29, 1.82) is 0 Å². The monoisotopic (exact) mass is 508 g/mol. The van der Waals surface area contributed by atoms with E-state index < -0.39 is 17.7 Å². The molecule has 1 N–H and O–H groups in total. The molecule has 2 aliphatic rings. The number of rotatable bonds is 6. The Hall–Kier alpha value is -2.09. The molecule has 0 bridgehead atoms. The largest absolute Gasteiger partial charge is 0.507 e. The first-order valence-electron chi connectivity index (χ1n) is 10.7. The molecule has 9 heteroatoms. The molecule has 1 atom stereocenters. The minimum absolute atomic E-state index is 0.00193. The van der Waals surface area contributed by atoms with Gasteiger partial charge in [0.05, 0.1) is 24.8 Å². The van der Waals surface area contributed by atoms with Crippen LogP contribution in [0, 0.1) is 0 Å². The van der Waals surface area contributed by atoms with Crippen LogP contribution in [0.15, 0.2) is 48.0 Å². The van der Waals surface area contributed by atoms with Crippen LogP contribution in [0.1, 0.15) is 23.6 Å². The summed E-state index contributed by atoms with van der Waals surface area (Å²) in [7, 11) is 0. The number of carbonyl (C=O) groups is 2. The summed E-state index contributed by atoms with van der Waals surface area (Å²) in [4.78, 5) is 29.9. The number of morpholine rings is 1. The molecule has 2 fully saturated rings. The Kier molecular flexibility index (Phi) is 7.62. The number of aliphatic hydroxyl groups is 1. The molecule has 0 aromatic heterocycles. The standard InChI is InChI=1S/C24H23Cl3N2O4/c25-16-4-2-15(3-5-16)22(30)20-21(18-7-6-17(26)14-19(18)27)29(24(32)23(20)31)9-1-8-28-10-12-33-13-11-28/h2-7,14,21,30H,1,8-13H2/b22-20+/t21-/m1/s1. The fraction of sp³-hybridized carbons (Fsp3) is 0.333. The number of halogens is 3. The summed E-state index contributed by atoms with van der Waals surface area (Å²) >= 11 is 18.5. The van der Waals surface area contributed by atoms with Crippen molar-refractivity contribution in [2.24, 2.45) is 0 Å². The third-order valence-corrected chi connectivity index (χ3v) is 6.71. The van der Waals surface area contributed by atoms with E-state index in [2.05, 4.69) is 4.90 Å². The number of amides is 1. The Morgan fingerprint density at radius 3 is 2.30 bits per heavy atom. The molecule has 2 aromatic rings. The number of aliphatic hydroxyl groups excluding tert-OH is 1. The van der Waals surface area contributed by atoms with Gasteiger partial charge in [0.1, 0.15) is 5.76 Å². The molecule has 0 unspecified atom stereocenters. The lowest BCUT2D eigenvalue weighted by molar-refractivity contribution is -0.140. The summed E-state index contributed by atoms with van der Waals surface area (Å²) in [6.45, 7) is 4.15. The lowest BCUT2D eigenvalue weighted by Gasteiger charge is -2.29. The fourth-order valence-corrected chi connectivity index (χ4v) is 4.85. The molecule has 0 saturated carbocycles. The van der Waals surface area contributed by atoms with Gasteiger partial charge in [0, 0.05) is 46.8 Å². The van der Waals surface area contributed by atoms with E-state index in [1.807, 2.05) is 0 Å². The Morgan fingerprint density at radius 2 is 1.64 bits per heavy atom. The average Bonchev–Trinajstić information content (AvgIpc) is 3.05. The van der Waals surface area contributed by atoms with Crippen molar-refractivity contribution in [3.05, 3.63) is 74.2 Å². The highest BCUT2D eigenvalue weighted by atomic mass is 35.5. The predicted octanol–water partition coefficient (Wildman–Crippen LogP) is 4.79. The summed E-state index contributed by atoms with van der Waals surface area (Å²) in [6, 6.07) is 10.5. The number of hydrogen-bond acceptors (Lipinski definition) is 5. The van der Waals surface area contributed by atoms with Crippen molar-refractivity contribution in [3.63, 3.8) is 0 Å². The molecular formula is C24H23Cl3N2O4. The molecule has 33 heavy (non-hydrogen) atoms. The number of likely N-dealkylation sites (tertiary alicyclic amines) is 1. The first-order chi connectivity index (χ1) is 15.9. The Balaban J connectivity index is 1.70. The summed E-state index contributed by atoms with van der Waals surface area (Å²) < 4.78 is 5.38. The molecule has 2 aromatic carbocycles. The number of Topliss-reactive ketones (excluding diaryl/α,β-unsaturated/α-hetero) is 1. The lowest BCUT2D eigenvalue weighted by Crippen LogP contribution is -2.39. The first kappa shape index (κ1) is 24.0. The molecule has 174 valence electrons. The van der Waals surface area contributed by atoms with E-state index in [1.165, 1.54) is 4.90 Å². The number of benzene rings is 2. The van der Waals surface area contributed by atoms with Gasteiger partial charge in [-0.1, -0.05) is 40.9 Å². The molecule has 4 rings (SSSR count). The zero-order chi connectivity index (χ0) is 23.5. The second kappa shape index (κ2) is 10.5. The Morgan fingerprint density at radius 1 is 0.970 bits per heavy atom. The SMILES string of the molecule is O=C1C(=O)N(CCCN2CCOCC2)[C@H](c2ccc(Cl)cc2Cl)/C1=C(\O)c1ccc(Cl)cc1. The maximum absolute atomic E-state index is 13.1. The maximum atomic E-state index is 13.1. The molecule has 6 nitrogen and oxygen atoms in total. The highest BCUT2D eigenvalue weighted by Crippen LogP contribution is 2.42. The molecule has 0 aliphatic carbocycles. The summed E-state index contributed by atoms with van der Waals surface area (Å²) in [5.74, 6) is -1.68. The second-order valence-electron chi connectivity index (χ2n) is 7.97. The highest BCUT2D eigenvalue weighted by Gasteiger charge is 2.46. The van der Waals surface area contributed by atoms with Gasteiger partial charge in [0.25, 0.3) is 11.7 Å². The predicted molar refractivity (Wildman–Crippen MR) is 129 cm³/mol. The van der Waals surface area contributed by atoms with Gasteiger partial charge in [0.2, 0.25) is 0 Å². The van der Waals surface area contributed by atoms with E-state index in [4.69, 9.17) is 39.5 Å². The minimum atomic E-state index is -0.824. The highest BCUT2D eigenvalue weighted by molar-refractivity contribution is 6.47. The number of hydrogen-bond donors (Lipinski definition) is 1. The molecule has 0 spiro atoms. The van der Waals surface area contributed by atoms with Crippen LogP contribution in [-0.4, -0.2) is 66.0 Å². The van der Waals surface area contributed by atoms with E-state index in [9.17, 15) is 14.7 Å². The number of nitrogens with zero attached hydrogens (tertiary/aromatic N) is 2. The molecule has 2 heterocycles. The molecular weight excluding hydrogens is 487 g/mol. The van der Waals surface area contributed by atoms with Gasteiger partial charge in [0.15, 0.2) is 0 Å². The summed E-state index contributed by atoms with van der Waals surface area (Å²) in [6.07, 6.45) is 0.662. The second-order valence-corrected chi connectivity index (χ2v) is 9.25. The minimum Gasteiger partial charge on any atom is -0.507 e. The quantitative estimate of drug-likeness (QED) is 0.344. The summed E-state index contributed by atoms with van der Waals surface area (Å²) in [5.41, 5.74) is 0.917. The van der Waals surface area contributed by atoms with E-state index in [0.717, 1.165) is 19.6 Å². The van der Waals surface area contributed by atoms with Crippen molar-refractivity contribution in [3.8, 4) is 0 Å². The van der Waals surface area contributed by atoms with Crippen molar-refractivity contribution >= 4 is 52.3 Å². The average molecular weight is 510 g/mol. The van der Waals surface area contributed by atoms with Crippen molar-refractivity contribution < 1.29 is 19.4 Å². The molecule has 2 saturated heterocycles. The zero-order valence-corrected chi connectivity index (χ0v) is 20.0. The third kappa shape index (κ3) is 5.20. The van der Waals surface area contributed by atoms with Crippen LogP contribution in [0.5, 0.6) is 0 Å². The van der Waals surface area contributed by atoms with Gasteiger partial charge in [-0.25, -0.2) is 0 Å². The van der Waals surface area contributed by atoms with Crippen LogP contribution in [0.4, 0.5) is 0 Å². The van der Waals surface area contributed by atoms with Gasteiger partial charge in [-0.2, -0.15) is 0 Å². The van der Waals surface area contributed by atoms with Crippen molar-refractivity contribution in [2.75, 3.05) is 39.4 Å². The normalized spacial score (nSPS) is 21.1. The molecule has 0 radical (unpaired) electrons. The summed E-state index contributed by atoms with van der Waals surface area (Å²) in [5, 5.41) is 12.3. The van der Waals surface area contributed by atoms with Gasteiger partial charge >= 0.3 is 0 Å². The molecule has 1 amide bonds. The Labute approximate surface area is 207 Å². The van der Waals surface area contributed by atoms with Crippen LogP contribution in [0.3, 0.4) is 0 Å². The van der Waals surface area contributed by atoms with Crippen molar-refractivity contribution in [2.45, 2.75) is 12.5 Å². The smallest absolute Gasteiger partial charge is 0.295 e. The third-order valence-electron chi connectivity index (χ3n) is 5.89. The zero-order valence-electron chi connectivity index (χ0n) is 17.8. The van der Waals surface area contributed by atoms with Crippen LogP contribution in [-0.2, 0) is 14.3 Å². The van der Waals surface area contributed by atoms with Gasteiger partial charge in [-0.05, 0) is 48.4 Å². The number of ether oxygens (including phenoxy) is 1. The van der Waals surface area contributed by atoms with E-state index in [0.29, 0.717) is 52.4 Å². The van der Waals surface area contributed by atoms with Crippen LogP contribution >= 0.6 is 34.8 Å². The molecule has 2 aliphatic heterocycles. The van der Waals surface area contributed by atoms with E-state index >= 15 is 0 Å². The van der Waals surface area contributed by atoms with E-state index in [-0.39, 0.29) is 11.3 Å². The fourth-order valence-electron chi connectivity index (χ4n) is 4.21. The van der Waals surface area contributed by atoms with Crippen molar-refractivity contribution in [1.82, 2.24) is 9.80 Å². The number of carbonyl (C=O) groups excluding carboxylic acids is 2. The van der Waals surface area contributed by atoms with Gasteiger partial charge in [-0.3, -0.25) is 14.5 Å². The first-order valence-corrected chi connectivity index (χ1v) is 11.8. The van der Waals surface area contributed by atoms with Gasteiger partial charge < -0.3 is 14.7 Å². The van der Waals surface area contributed by atoms with Gasteiger partial charge in [-0.15, -0.1) is 0 Å². The maximum Gasteiger partial charge on any atom is 0.295 e. The van der Waals surface area contributed by atoms with Crippen LogP contribution < -0.4 is 0 Å². The van der Waals surface area contributed by atoms with Crippen LogP contribution in [0.25, 0.3) is 5.76 Å². The Bertz CT molecular complexity index is 1080.